The molecule has 126 valence electrons. The van der Waals surface area contributed by atoms with Crippen LogP contribution in [0.3, 0.4) is 0 Å². The number of hydrazone groups is 1. The summed E-state index contributed by atoms with van der Waals surface area (Å²) < 4.78 is 0. The Morgan fingerprint density at radius 1 is 1.35 bits per heavy atom. The van der Waals surface area contributed by atoms with E-state index in [0.717, 1.165) is 17.7 Å². The molecule has 0 bridgehead atoms. The molecule has 5 nitrogen and oxygen atoms in total. The normalized spacial score (nSPS) is 16.6. The number of nitrogens with zero attached hydrogens (tertiary/aromatic N) is 3. The third-order valence-corrected chi connectivity index (χ3v) is 4.29. The molecule has 0 aromatic heterocycles. The molecule has 0 fully saturated rings. The van der Waals surface area contributed by atoms with E-state index in [1.165, 1.54) is 0 Å². The Labute approximate surface area is 138 Å². The molecule has 0 saturated carbocycles. The highest BCUT2D eigenvalue weighted by Gasteiger charge is 2.30. The maximum atomic E-state index is 12.5. The van der Waals surface area contributed by atoms with Crippen LogP contribution in [0.1, 0.15) is 32.8 Å². The van der Waals surface area contributed by atoms with E-state index in [1.54, 1.807) is 5.01 Å². The van der Waals surface area contributed by atoms with Crippen LogP contribution in [0.15, 0.2) is 35.4 Å². The van der Waals surface area contributed by atoms with Crippen molar-refractivity contribution in [3.05, 3.63) is 35.9 Å². The zero-order chi connectivity index (χ0) is 17.0. The lowest BCUT2D eigenvalue weighted by Crippen LogP contribution is -2.48. The van der Waals surface area contributed by atoms with Gasteiger partial charge in [0.15, 0.2) is 0 Å². The highest BCUT2D eigenvalue weighted by Crippen LogP contribution is 2.23. The summed E-state index contributed by atoms with van der Waals surface area (Å²) in [6.45, 7) is 7.11. The number of benzene rings is 1. The van der Waals surface area contributed by atoms with Crippen LogP contribution in [0.5, 0.6) is 0 Å². The number of aliphatic hydroxyl groups excluding tert-OH is 1. The van der Waals surface area contributed by atoms with Crippen LogP contribution in [0, 0.1) is 5.41 Å². The highest BCUT2D eigenvalue weighted by atomic mass is 16.3. The minimum Gasteiger partial charge on any atom is -0.395 e. The van der Waals surface area contributed by atoms with Crippen LogP contribution in [0.2, 0.25) is 0 Å². The first-order chi connectivity index (χ1) is 10.8. The van der Waals surface area contributed by atoms with Crippen LogP contribution in [0.4, 0.5) is 0 Å². The molecule has 1 aliphatic heterocycles. The van der Waals surface area contributed by atoms with Crippen molar-refractivity contribution in [2.75, 3.05) is 26.7 Å². The largest absolute Gasteiger partial charge is 0.395 e. The predicted molar refractivity (Wildman–Crippen MR) is 92.3 cm³/mol. The van der Waals surface area contributed by atoms with Crippen molar-refractivity contribution >= 4 is 11.6 Å². The summed E-state index contributed by atoms with van der Waals surface area (Å²) in [7, 11) is 1.88. The molecule has 1 aliphatic rings. The summed E-state index contributed by atoms with van der Waals surface area (Å²) in [4.78, 5) is 14.4. The highest BCUT2D eigenvalue weighted by molar-refractivity contribution is 6.02. The predicted octanol–water partition coefficient (Wildman–Crippen LogP) is 1.96. The van der Waals surface area contributed by atoms with Crippen LogP contribution < -0.4 is 0 Å². The Balaban J connectivity index is 2.00. The summed E-state index contributed by atoms with van der Waals surface area (Å²) in [6.07, 6.45) is 0.780. The lowest BCUT2D eigenvalue weighted by molar-refractivity contribution is -0.132. The summed E-state index contributed by atoms with van der Waals surface area (Å²) in [5, 5.41) is 15.6. The van der Waals surface area contributed by atoms with Crippen molar-refractivity contribution in [3.63, 3.8) is 0 Å². The number of aliphatic hydroxyl groups is 1. The van der Waals surface area contributed by atoms with Gasteiger partial charge in [-0.15, -0.1) is 0 Å². The number of likely N-dealkylation sites (N-methyl/N-ethyl adjacent to an activating group) is 1. The number of amides is 1. The average molecular weight is 317 g/mol. The Hall–Kier alpha value is -1.72. The van der Waals surface area contributed by atoms with Crippen molar-refractivity contribution in [1.29, 1.82) is 0 Å². The standard InChI is InChI=1S/C18H27N3O2/c1-18(2,3)16(13-22)20(4)12-17(23)21-11-10-15(19-21)14-8-6-5-7-9-14/h5-9,16,22H,10-13H2,1-4H3. The van der Waals surface area contributed by atoms with E-state index in [0.29, 0.717) is 6.54 Å². The second-order valence-electron chi connectivity index (χ2n) is 7.16. The molecule has 0 spiro atoms. The van der Waals surface area contributed by atoms with E-state index in [9.17, 15) is 9.90 Å². The third-order valence-electron chi connectivity index (χ3n) is 4.29. The van der Waals surface area contributed by atoms with Gasteiger partial charge in [0, 0.05) is 12.5 Å². The Kier molecular flexibility index (Phi) is 5.55. The van der Waals surface area contributed by atoms with Crippen LogP contribution >= 0.6 is 0 Å². The molecular formula is C18H27N3O2. The molecule has 0 aliphatic carbocycles. The third kappa shape index (κ3) is 4.39. The Morgan fingerprint density at radius 3 is 2.57 bits per heavy atom. The zero-order valence-electron chi connectivity index (χ0n) is 14.5. The molecular weight excluding hydrogens is 290 g/mol. The molecule has 1 aromatic carbocycles. The Morgan fingerprint density at radius 2 is 2.00 bits per heavy atom. The van der Waals surface area contributed by atoms with Gasteiger partial charge in [-0.05, 0) is 18.0 Å². The number of rotatable bonds is 5. The van der Waals surface area contributed by atoms with Gasteiger partial charge in [-0.2, -0.15) is 5.10 Å². The van der Waals surface area contributed by atoms with Crippen molar-refractivity contribution < 1.29 is 9.90 Å². The maximum absolute atomic E-state index is 12.5. The van der Waals surface area contributed by atoms with E-state index in [-0.39, 0.29) is 30.5 Å². The van der Waals surface area contributed by atoms with Crippen molar-refractivity contribution in [1.82, 2.24) is 9.91 Å². The smallest absolute Gasteiger partial charge is 0.256 e. The van der Waals surface area contributed by atoms with Gasteiger partial charge in [0.2, 0.25) is 0 Å². The fraction of sp³-hybridized carbons (Fsp3) is 0.556. The van der Waals surface area contributed by atoms with Crippen molar-refractivity contribution in [3.8, 4) is 0 Å². The molecule has 23 heavy (non-hydrogen) atoms. The molecule has 2 rings (SSSR count). The minimum atomic E-state index is -0.0900. The molecule has 1 aromatic rings. The fourth-order valence-corrected chi connectivity index (χ4v) is 2.95. The first kappa shape index (κ1) is 17.6. The second-order valence-corrected chi connectivity index (χ2v) is 7.16. The minimum absolute atomic E-state index is 0.0267. The number of hydrogen-bond donors (Lipinski definition) is 1. The van der Waals surface area contributed by atoms with E-state index >= 15 is 0 Å². The van der Waals surface area contributed by atoms with E-state index in [2.05, 4.69) is 25.9 Å². The summed E-state index contributed by atoms with van der Waals surface area (Å²) >= 11 is 0. The van der Waals surface area contributed by atoms with Crippen LogP contribution in [-0.4, -0.2) is 59.4 Å². The van der Waals surface area contributed by atoms with Gasteiger partial charge in [0.05, 0.1) is 25.4 Å². The maximum Gasteiger partial charge on any atom is 0.256 e. The molecule has 0 saturated heterocycles. The number of carbonyl (C=O) groups excluding carboxylic acids is 1. The second kappa shape index (κ2) is 7.23. The lowest BCUT2D eigenvalue weighted by Gasteiger charge is -2.36. The van der Waals surface area contributed by atoms with Gasteiger partial charge in [-0.1, -0.05) is 51.1 Å². The van der Waals surface area contributed by atoms with Gasteiger partial charge >= 0.3 is 0 Å². The van der Waals surface area contributed by atoms with E-state index in [4.69, 9.17) is 0 Å². The van der Waals surface area contributed by atoms with Gasteiger partial charge < -0.3 is 5.11 Å². The summed E-state index contributed by atoms with van der Waals surface area (Å²) in [5.41, 5.74) is 1.93. The van der Waals surface area contributed by atoms with Crippen molar-refractivity contribution in [2.24, 2.45) is 10.5 Å². The van der Waals surface area contributed by atoms with Crippen LogP contribution in [0.25, 0.3) is 0 Å². The lowest BCUT2D eigenvalue weighted by atomic mass is 9.86. The Bertz CT molecular complexity index is 563. The fourth-order valence-electron chi connectivity index (χ4n) is 2.95. The molecule has 1 unspecified atom stereocenters. The summed E-state index contributed by atoms with van der Waals surface area (Å²) in [5.74, 6) is -0.0267. The number of hydrogen-bond acceptors (Lipinski definition) is 4. The zero-order valence-corrected chi connectivity index (χ0v) is 14.5. The monoisotopic (exact) mass is 317 g/mol. The van der Waals surface area contributed by atoms with Gasteiger partial charge in [0.25, 0.3) is 5.91 Å². The molecule has 1 atom stereocenters. The topological polar surface area (TPSA) is 56.1 Å². The van der Waals surface area contributed by atoms with Gasteiger partial charge in [-0.3, -0.25) is 9.69 Å². The first-order valence-corrected chi connectivity index (χ1v) is 8.07. The SMILES string of the molecule is CN(CC(=O)N1CCC(c2ccccc2)=N1)C(CO)C(C)(C)C. The molecule has 1 N–H and O–H groups in total. The van der Waals surface area contributed by atoms with Crippen LogP contribution in [-0.2, 0) is 4.79 Å². The average Bonchev–Trinajstić information content (AvgIpc) is 2.97. The molecule has 1 amide bonds. The van der Waals surface area contributed by atoms with Gasteiger partial charge in [-0.25, -0.2) is 5.01 Å². The quantitative estimate of drug-likeness (QED) is 0.903. The van der Waals surface area contributed by atoms with Gasteiger partial charge in [0.1, 0.15) is 0 Å². The number of carbonyl (C=O) groups is 1. The van der Waals surface area contributed by atoms with E-state index < -0.39 is 0 Å². The van der Waals surface area contributed by atoms with Crippen molar-refractivity contribution in [2.45, 2.75) is 33.2 Å². The first-order valence-electron chi connectivity index (χ1n) is 8.07. The molecule has 1 heterocycles. The van der Waals surface area contributed by atoms with E-state index in [1.807, 2.05) is 42.3 Å². The summed E-state index contributed by atoms with van der Waals surface area (Å²) in [6, 6.07) is 9.89. The molecule has 0 radical (unpaired) electrons. The molecule has 5 heteroatoms.